The fourth-order valence-corrected chi connectivity index (χ4v) is 1.19. The Bertz CT molecular complexity index is 406. The maximum atomic E-state index is 10.9. The van der Waals surface area contributed by atoms with E-state index in [0.29, 0.717) is 5.82 Å². The molecule has 0 fully saturated rings. The van der Waals surface area contributed by atoms with Crippen molar-refractivity contribution in [2.45, 2.75) is 0 Å². The molecule has 1 aromatic heterocycles. The van der Waals surface area contributed by atoms with Crippen molar-refractivity contribution in [2.75, 3.05) is 23.4 Å². The van der Waals surface area contributed by atoms with Crippen LogP contribution in [0, 0.1) is 0 Å². The van der Waals surface area contributed by atoms with E-state index in [9.17, 15) is 9.59 Å². The molecule has 17 heavy (non-hydrogen) atoms. The van der Waals surface area contributed by atoms with Gasteiger partial charge >= 0.3 is 0 Å². The smallest absolute Gasteiger partial charge is 0.239 e. The number of anilines is 2. The quantitative estimate of drug-likeness (QED) is 0.317. The summed E-state index contributed by atoms with van der Waals surface area (Å²) >= 11 is 0. The third-order valence-electron chi connectivity index (χ3n) is 1.79. The number of hydrogen-bond donors (Lipinski definition) is 4. The maximum Gasteiger partial charge on any atom is 0.239 e. The first-order chi connectivity index (χ1) is 8.02. The predicted molar refractivity (Wildman–Crippen MR) is 60.4 cm³/mol. The van der Waals surface area contributed by atoms with E-state index in [1.807, 2.05) is 0 Å². The van der Waals surface area contributed by atoms with Gasteiger partial charge in [0.05, 0.1) is 13.1 Å². The van der Waals surface area contributed by atoms with Crippen LogP contribution in [0.4, 0.5) is 11.8 Å². The zero-order valence-electron chi connectivity index (χ0n) is 8.96. The van der Waals surface area contributed by atoms with E-state index in [-0.39, 0.29) is 19.0 Å². The number of nitrogens with two attached hydrogens (primary N) is 3. The molecule has 0 aliphatic rings. The number of nitrogens with one attached hydrogen (secondary N) is 1. The minimum atomic E-state index is -0.605. The molecule has 0 bridgehead atoms. The Morgan fingerprint density at radius 3 is 2.35 bits per heavy atom. The van der Waals surface area contributed by atoms with Crippen LogP contribution in [-0.4, -0.2) is 34.9 Å². The van der Waals surface area contributed by atoms with E-state index in [4.69, 9.17) is 17.3 Å². The largest absolute Gasteiger partial charge is 0.368 e. The molecule has 1 rings (SSSR count). The van der Waals surface area contributed by atoms with Crippen molar-refractivity contribution in [3.05, 3.63) is 12.3 Å². The van der Waals surface area contributed by atoms with Crippen molar-refractivity contribution in [1.29, 1.82) is 0 Å². The summed E-state index contributed by atoms with van der Waals surface area (Å²) in [5.41, 5.74) is 12.4. The fourth-order valence-electron chi connectivity index (χ4n) is 1.19. The lowest BCUT2D eigenvalue weighted by molar-refractivity contribution is -0.117. The van der Waals surface area contributed by atoms with Gasteiger partial charge in [-0.25, -0.2) is 10.8 Å². The highest BCUT2D eigenvalue weighted by atomic mass is 16.2. The molecule has 9 nitrogen and oxygen atoms in total. The van der Waals surface area contributed by atoms with Crippen molar-refractivity contribution in [1.82, 2.24) is 9.97 Å². The Labute approximate surface area is 97.0 Å². The van der Waals surface area contributed by atoms with Crippen LogP contribution in [0.2, 0.25) is 0 Å². The Hall–Kier alpha value is -2.42. The summed E-state index contributed by atoms with van der Waals surface area (Å²) in [5, 5.41) is 0. The van der Waals surface area contributed by atoms with Gasteiger partial charge in [-0.1, -0.05) is 0 Å². The minimum absolute atomic E-state index is 0.154. The van der Waals surface area contributed by atoms with Gasteiger partial charge in [-0.2, -0.15) is 4.98 Å². The molecule has 0 saturated carbocycles. The van der Waals surface area contributed by atoms with Gasteiger partial charge in [-0.3, -0.25) is 15.0 Å². The number of hydrogen-bond acceptors (Lipinski definition) is 7. The summed E-state index contributed by atoms with van der Waals surface area (Å²) in [5.74, 6) is 4.41. The highest BCUT2D eigenvalue weighted by molar-refractivity contribution is 5.84. The predicted octanol–water partition coefficient (Wildman–Crippen LogP) is -2.46. The van der Waals surface area contributed by atoms with Crippen LogP contribution in [0.3, 0.4) is 0 Å². The number of rotatable bonds is 6. The van der Waals surface area contributed by atoms with Crippen molar-refractivity contribution in [3.8, 4) is 0 Å². The van der Waals surface area contributed by atoms with E-state index < -0.39 is 11.8 Å². The minimum Gasteiger partial charge on any atom is -0.368 e. The van der Waals surface area contributed by atoms with Crippen LogP contribution in [0.5, 0.6) is 0 Å². The first-order valence-electron chi connectivity index (χ1n) is 4.64. The monoisotopic (exact) mass is 239 g/mol. The van der Waals surface area contributed by atoms with Crippen molar-refractivity contribution >= 4 is 23.6 Å². The van der Waals surface area contributed by atoms with Gasteiger partial charge in [0.25, 0.3) is 0 Å². The lowest BCUT2D eigenvalue weighted by Gasteiger charge is -2.20. The fraction of sp³-hybridized carbons (Fsp3) is 0.250. The Morgan fingerprint density at radius 2 is 1.88 bits per heavy atom. The molecule has 0 aromatic carbocycles. The molecule has 7 N–H and O–H groups in total. The third kappa shape index (κ3) is 3.91. The number of aromatic nitrogens is 2. The molecular formula is C8H13N7O2. The third-order valence-corrected chi connectivity index (χ3v) is 1.79. The van der Waals surface area contributed by atoms with E-state index in [0.717, 1.165) is 0 Å². The first kappa shape index (κ1) is 12.6. The van der Waals surface area contributed by atoms with Crippen LogP contribution < -0.4 is 27.6 Å². The molecule has 0 spiro atoms. The summed E-state index contributed by atoms with van der Waals surface area (Å²) in [6, 6.07) is 1.51. The van der Waals surface area contributed by atoms with Crippen LogP contribution >= 0.6 is 0 Å². The van der Waals surface area contributed by atoms with Gasteiger partial charge in [0.15, 0.2) is 0 Å². The van der Waals surface area contributed by atoms with Crippen molar-refractivity contribution in [2.24, 2.45) is 17.3 Å². The number of carbonyl (C=O) groups is 2. The maximum absolute atomic E-state index is 10.9. The van der Waals surface area contributed by atoms with Gasteiger partial charge < -0.3 is 16.4 Å². The van der Waals surface area contributed by atoms with Gasteiger partial charge in [-0.05, 0) is 6.07 Å². The topological polar surface area (TPSA) is 153 Å². The van der Waals surface area contributed by atoms with Crippen LogP contribution in [0.15, 0.2) is 12.3 Å². The summed E-state index contributed by atoms with van der Waals surface area (Å²) in [6.45, 7) is -0.353. The number of nitrogens with zero attached hydrogens (tertiary/aromatic N) is 3. The molecular weight excluding hydrogens is 226 g/mol. The number of amides is 2. The molecule has 1 heterocycles. The summed E-state index contributed by atoms with van der Waals surface area (Å²) < 4.78 is 0. The lowest BCUT2D eigenvalue weighted by atomic mass is 10.4. The number of hydrazine groups is 1. The van der Waals surface area contributed by atoms with Gasteiger partial charge in [-0.15, -0.1) is 0 Å². The Kier molecular flexibility index (Phi) is 4.17. The molecule has 0 saturated heterocycles. The van der Waals surface area contributed by atoms with E-state index in [1.54, 1.807) is 0 Å². The van der Waals surface area contributed by atoms with E-state index >= 15 is 0 Å². The standard InChI is InChI=1S/C8H13N7O2/c9-5(16)3-15(4-6(10)17)7-1-2-12-8(13-7)14-11/h1-2H,3-4,11H2,(H2,9,16)(H2,10,17)(H,12,13,14). The molecule has 0 aliphatic carbocycles. The molecule has 0 atom stereocenters. The molecule has 1 aromatic rings. The Morgan fingerprint density at radius 1 is 1.29 bits per heavy atom. The first-order valence-corrected chi connectivity index (χ1v) is 4.64. The van der Waals surface area contributed by atoms with Crippen LogP contribution in [0.25, 0.3) is 0 Å². The molecule has 0 unspecified atom stereocenters. The van der Waals surface area contributed by atoms with E-state index in [1.165, 1.54) is 17.2 Å². The second-order valence-electron chi connectivity index (χ2n) is 3.17. The highest BCUT2D eigenvalue weighted by Gasteiger charge is 2.13. The second kappa shape index (κ2) is 5.61. The molecule has 0 aliphatic heterocycles. The number of nitrogen functional groups attached to an aromatic ring is 1. The number of primary amides is 2. The van der Waals surface area contributed by atoms with Crippen LogP contribution in [0.1, 0.15) is 0 Å². The van der Waals surface area contributed by atoms with Gasteiger partial charge in [0.2, 0.25) is 17.8 Å². The van der Waals surface area contributed by atoms with Crippen molar-refractivity contribution in [3.63, 3.8) is 0 Å². The summed E-state index contributed by atoms with van der Waals surface area (Å²) in [6.07, 6.45) is 1.42. The van der Waals surface area contributed by atoms with E-state index in [2.05, 4.69) is 15.4 Å². The molecule has 0 radical (unpaired) electrons. The average Bonchev–Trinajstić information content (AvgIpc) is 2.27. The molecule has 2 amide bonds. The summed E-state index contributed by atoms with van der Waals surface area (Å²) in [7, 11) is 0. The van der Waals surface area contributed by atoms with Crippen molar-refractivity contribution < 1.29 is 9.59 Å². The lowest BCUT2D eigenvalue weighted by Crippen LogP contribution is -2.40. The average molecular weight is 239 g/mol. The zero-order valence-corrected chi connectivity index (χ0v) is 8.96. The van der Waals surface area contributed by atoms with Crippen LogP contribution in [-0.2, 0) is 9.59 Å². The Balaban J connectivity index is 2.94. The normalized spacial score (nSPS) is 9.71. The van der Waals surface area contributed by atoms with Gasteiger partial charge in [0, 0.05) is 6.20 Å². The zero-order chi connectivity index (χ0) is 12.8. The highest BCUT2D eigenvalue weighted by Crippen LogP contribution is 2.10. The molecule has 9 heteroatoms. The second-order valence-corrected chi connectivity index (χ2v) is 3.17. The van der Waals surface area contributed by atoms with Gasteiger partial charge in [0.1, 0.15) is 5.82 Å². The SMILES string of the molecule is NNc1nccc(N(CC(N)=O)CC(N)=O)n1. The molecule has 92 valence electrons. The number of carbonyl (C=O) groups excluding carboxylic acids is 2. The summed E-state index contributed by atoms with van der Waals surface area (Å²) in [4.78, 5) is 30.8.